The van der Waals surface area contributed by atoms with Crippen molar-refractivity contribution >= 4 is 23.6 Å². The number of rotatable bonds is 5. The first kappa shape index (κ1) is 17.3. The lowest BCUT2D eigenvalue weighted by atomic mass is 9.86. The molecule has 3 rings (SSSR count). The molecule has 0 unspecified atom stereocenters. The SMILES string of the molecule is CC(C)CNC(=O)CC1(N2Cc3ccccc3C2=O)CCSCC1. The first-order chi connectivity index (χ1) is 11.5. The fraction of sp³-hybridized carbons (Fsp3) is 0.579. The van der Waals surface area contributed by atoms with Gasteiger partial charge in [-0.05, 0) is 41.9 Å². The largest absolute Gasteiger partial charge is 0.356 e. The van der Waals surface area contributed by atoms with Crippen molar-refractivity contribution in [2.24, 2.45) is 5.92 Å². The normalized spacial score (nSPS) is 19.5. The maximum atomic E-state index is 12.9. The van der Waals surface area contributed by atoms with Gasteiger partial charge < -0.3 is 10.2 Å². The highest BCUT2D eigenvalue weighted by Crippen LogP contribution is 2.40. The lowest BCUT2D eigenvalue weighted by Crippen LogP contribution is -2.53. The maximum Gasteiger partial charge on any atom is 0.254 e. The van der Waals surface area contributed by atoms with Crippen LogP contribution in [0, 0.1) is 5.92 Å². The zero-order valence-corrected chi connectivity index (χ0v) is 15.3. The summed E-state index contributed by atoms with van der Waals surface area (Å²) >= 11 is 1.92. The Hall–Kier alpha value is -1.49. The number of carbonyl (C=O) groups excluding carboxylic acids is 2. The predicted molar refractivity (Wildman–Crippen MR) is 98.1 cm³/mol. The van der Waals surface area contributed by atoms with Gasteiger partial charge in [0.1, 0.15) is 0 Å². The van der Waals surface area contributed by atoms with Crippen molar-refractivity contribution in [3.8, 4) is 0 Å². The highest BCUT2D eigenvalue weighted by Gasteiger charge is 2.45. The van der Waals surface area contributed by atoms with Crippen LogP contribution in [0.3, 0.4) is 0 Å². The molecule has 0 aliphatic carbocycles. The van der Waals surface area contributed by atoms with E-state index in [9.17, 15) is 9.59 Å². The van der Waals surface area contributed by atoms with Gasteiger partial charge in [0.2, 0.25) is 5.91 Å². The fourth-order valence-electron chi connectivity index (χ4n) is 3.61. The zero-order valence-electron chi connectivity index (χ0n) is 14.5. The van der Waals surface area contributed by atoms with Crippen molar-refractivity contribution in [3.63, 3.8) is 0 Å². The first-order valence-corrected chi connectivity index (χ1v) is 9.92. The van der Waals surface area contributed by atoms with Crippen LogP contribution in [0.2, 0.25) is 0 Å². The molecule has 0 bridgehead atoms. The lowest BCUT2D eigenvalue weighted by Gasteiger charge is -2.44. The Morgan fingerprint density at radius 2 is 2.00 bits per heavy atom. The van der Waals surface area contributed by atoms with Gasteiger partial charge in [-0.25, -0.2) is 0 Å². The van der Waals surface area contributed by atoms with E-state index in [0.29, 0.717) is 25.4 Å². The number of nitrogens with one attached hydrogen (secondary N) is 1. The van der Waals surface area contributed by atoms with Crippen molar-refractivity contribution in [1.82, 2.24) is 10.2 Å². The van der Waals surface area contributed by atoms with Crippen LogP contribution in [0.1, 0.15) is 49.0 Å². The number of nitrogens with zero attached hydrogens (tertiary/aromatic N) is 1. The summed E-state index contributed by atoms with van der Waals surface area (Å²) in [5.74, 6) is 2.62. The molecule has 4 nitrogen and oxygen atoms in total. The lowest BCUT2D eigenvalue weighted by molar-refractivity contribution is -0.124. The van der Waals surface area contributed by atoms with Crippen LogP contribution in [0.15, 0.2) is 24.3 Å². The van der Waals surface area contributed by atoms with Gasteiger partial charge >= 0.3 is 0 Å². The van der Waals surface area contributed by atoms with Gasteiger partial charge in [-0.2, -0.15) is 11.8 Å². The molecule has 1 saturated heterocycles. The van der Waals surface area contributed by atoms with Gasteiger partial charge in [-0.1, -0.05) is 32.0 Å². The summed E-state index contributed by atoms with van der Waals surface area (Å²) in [7, 11) is 0. The quantitative estimate of drug-likeness (QED) is 0.891. The highest BCUT2D eigenvalue weighted by molar-refractivity contribution is 7.99. The van der Waals surface area contributed by atoms with E-state index in [-0.39, 0.29) is 17.4 Å². The molecule has 2 heterocycles. The molecule has 1 fully saturated rings. The number of hydrogen-bond acceptors (Lipinski definition) is 3. The maximum absolute atomic E-state index is 12.9. The Morgan fingerprint density at radius 3 is 2.67 bits per heavy atom. The van der Waals surface area contributed by atoms with Crippen molar-refractivity contribution in [1.29, 1.82) is 0 Å². The molecular formula is C19H26N2O2S. The molecule has 1 N–H and O–H groups in total. The summed E-state index contributed by atoms with van der Waals surface area (Å²) in [6.45, 7) is 5.51. The van der Waals surface area contributed by atoms with E-state index < -0.39 is 0 Å². The van der Waals surface area contributed by atoms with Gasteiger partial charge in [-0.15, -0.1) is 0 Å². The Bertz CT molecular complexity index is 624. The molecule has 2 aliphatic rings. The third kappa shape index (κ3) is 3.46. The summed E-state index contributed by atoms with van der Waals surface area (Å²) < 4.78 is 0. The molecule has 24 heavy (non-hydrogen) atoms. The molecule has 0 radical (unpaired) electrons. The van der Waals surface area contributed by atoms with E-state index in [2.05, 4.69) is 19.2 Å². The molecule has 1 aromatic carbocycles. The standard InChI is InChI=1S/C19H26N2O2S/c1-14(2)12-20-17(22)11-19(7-9-24-10-8-19)21-13-15-5-3-4-6-16(15)18(21)23/h3-6,14H,7-13H2,1-2H3,(H,20,22). The van der Waals surface area contributed by atoms with Crippen LogP contribution >= 0.6 is 11.8 Å². The van der Waals surface area contributed by atoms with Gasteiger partial charge in [0, 0.05) is 25.1 Å². The fourth-order valence-corrected chi connectivity index (χ4v) is 4.86. The van der Waals surface area contributed by atoms with E-state index in [1.807, 2.05) is 40.9 Å². The van der Waals surface area contributed by atoms with Gasteiger partial charge in [0.05, 0.1) is 5.54 Å². The summed E-state index contributed by atoms with van der Waals surface area (Å²) in [5, 5.41) is 3.03. The topological polar surface area (TPSA) is 49.4 Å². The average Bonchev–Trinajstić information content (AvgIpc) is 2.92. The third-order valence-corrected chi connectivity index (χ3v) is 6.00. The summed E-state index contributed by atoms with van der Waals surface area (Å²) in [6, 6.07) is 7.83. The highest BCUT2D eigenvalue weighted by atomic mass is 32.2. The Labute approximate surface area is 148 Å². The smallest absolute Gasteiger partial charge is 0.254 e. The number of amides is 2. The van der Waals surface area contributed by atoms with Crippen molar-refractivity contribution in [3.05, 3.63) is 35.4 Å². The number of thioether (sulfide) groups is 1. The van der Waals surface area contributed by atoms with Crippen molar-refractivity contribution < 1.29 is 9.59 Å². The van der Waals surface area contributed by atoms with Crippen LogP contribution in [0.4, 0.5) is 0 Å². The molecule has 0 aromatic heterocycles. The van der Waals surface area contributed by atoms with Crippen LogP contribution in [-0.2, 0) is 11.3 Å². The zero-order chi connectivity index (χ0) is 17.2. The number of fused-ring (bicyclic) bond motifs is 1. The van der Waals surface area contributed by atoms with Crippen LogP contribution in [0.5, 0.6) is 0 Å². The second kappa shape index (κ2) is 7.18. The average molecular weight is 346 g/mol. The molecule has 0 saturated carbocycles. The first-order valence-electron chi connectivity index (χ1n) is 8.76. The molecule has 1 aromatic rings. The second-order valence-electron chi connectivity index (χ2n) is 7.26. The minimum Gasteiger partial charge on any atom is -0.356 e. The number of carbonyl (C=O) groups is 2. The summed E-state index contributed by atoms with van der Waals surface area (Å²) in [6.07, 6.45) is 2.21. The van der Waals surface area contributed by atoms with Gasteiger partial charge in [-0.3, -0.25) is 9.59 Å². The minimum absolute atomic E-state index is 0.0688. The predicted octanol–water partition coefficient (Wildman–Crippen LogP) is 3.07. The monoisotopic (exact) mass is 346 g/mol. The number of benzene rings is 1. The van der Waals surface area contributed by atoms with Crippen LogP contribution in [-0.4, -0.2) is 40.3 Å². The van der Waals surface area contributed by atoms with E-state index in [0.717, 1.165) is 35.5 Å². The van der Waals surface area contributed by atoms with E-state index in [1.165, 1.54) is 0 Å². The van der Waals surface area contributed by atoms with E-state index >= 15 is 0 Å². The Kier molecular flexibility index (Phi) is 5.18. The van der Waals surface area contributed by atoms with Crippen molar-refractivity contribution in [2.75, 3.05) is 18.1 Å². The minimum atomic E-state index is -0.331. The van der Waals surface area contributed by atoms with Gasteiger partial charge in [0.25, 0.3) is 5.91 Å². The molecule has 0 spiro atoms. The molecular weight excluding hydrogens is 320 g/mol. The molecule has 2 amide bonds. The summed E-state index contributed by atoms with van der Waals surface area (Å²) in [5.41, 5.74) is 1.56. The molecule has 2 aliphatic heterocycles. The third-order valence-electron chi connectivity index (χ3n) is 5.01. The molecule has 5 heteroatoms. The number of hydrogen-bond donors (Lipinski definition) is 1. The van der Waals surface area contributed by atoms with E-state index in [1.54, 1.807) is 0 Å². The van der Waals surface area contributed by atoms with Crippen LogP contribution in [0.25, 0.3) is 0 Å². The van der Waals surface area contributed by atoms with Crippen LogP contribution < -0.4 is 5.32 Å². The summed E-state index contributed by atoms with van der Waals surface area (Å²) in [4.78, 5) is 27.4. The van der Waals surface area contributed by atoms with E-state index in [4.69, 9.17) is 0 Å². The molecule has 0 atom stereocenters. The Balaban J connectivity index is 1.80. The van der Waals surface area contributed by atoms with Gasteiger partial charge in [0.15, 0.2) is 0 Å². The molecule has 130 valence electrons. The Morgan fingerprint density at radius 1 is 1.29 bits per heavy atom. The van der Waals surface area contributed by atoms with Crippen molar-refractivity contribution in [2.45, 2.75) is 45.2 Å². The second-order valence-corrected chi connectivity index (χ2v) is 8.48.